The molecule has 0 saturated carbocycles. The number of benzene rings is 2. The van der Waals surface area contributed by atoms with Crippen LogP contribution in [-0.2, 0) is 11.3 Å². The fraction of sp³-hybridized carbons (Fsp3) is 0.182. The second kappa shape index (κ2) is 8.46. The topological polar surface area (TPSA) is 71.3 Å². The van der Waals surface area contributed by atoms with Gasteiger partial charge in [-0.2, -0.15) is 4.99 Å². The Kier molecular flexibility index (Phi) is 5.58. The molecule has 0 bridgehead atoms. The molecule has 1 amide bonds. The zero-order valence-corrected chi connectivity index (χ0v) is 17.4. The van der Waals surface area contributed by atoms with Gasteiger partial charge in [-0.1, -0.05) is 23.5 Å². The van der Waals surface area contributed by atoms with Gasteiger partial charge < -0.3 is 23.5 Å². The molecule has 0 fully saturated rings. The molecule has 0 saturated heterocycles. The molecule has 0 unspecified atom stereocenters. The first-order valence-electron chi connectivity index (χ1n) is 9.15. The van der Waals surface area contributed by atoms with Crippen molar-refractivity contribution in [3.63, 3.8) is 0 Å². The van der Waals surface area contributed by atoms with Crippen LogP contribution in [0.4, 0.5) is 0 Å². The molecule has 0 spiro atoms. The van der Waals surface area contributed by atoms with Gasteiger partial charge in [0.05, 0.1) is 24.4 Å². The Morgan fingerprint density at radius 2 is 1.97 bits per heavy atom. The predicted molar refractivity (Wildman–Crippen MR) is 115 cm³/mol. The molecular weight excluding hydrogens is 404 g/mol. The first-order valence-corrected chi connectivity index (χ1v) is 9.97. The highest BCUT2D eigenvalue weighted by Crippen LogP contribution is 2.34. The van der Waals surface area contributed by atoms with Crippen LogP contribution in [0.15, 0.2) is 54.1 Å². The number of rotatable bonds is 6. The van der Waals surface area contributed by atoms with E-state index in [4.69, 9.17) is 18.9 Å². The zero-order chi connectivity index (χ0) is 21.1. The van der Waals surface area contributed by atoms with E-state index in [1.54, 1.807) is 26.4 Å². The molecule has 0 atom stereocenters. The van der Waals surface area contributed by atoms with Gasteiger partial charge in [0.25, 0.3) is 5.91 Å². The second-order valence-electron chi connectivity index (χ2n) is 6.35. The van der Waals surface area contributed by atoms with Crippen molar-refractivity contribution in [2.45, 2.75) is 6.54 Å². The van der Waals surface area contributed by atoms with Crippen LogP contribution in [0.3, 0.4) is 0 Å². The maximum atomic E-state index is 12.5. The lowest BCUT2D eigenvalue weighted by Gasteiger charge is -2.08. The number of allylic oxidation sites excluding steroid dienone is 1. The summed E-state index contributed by atoms with van der Waals surface area (Å²) in [5, 5.41) is 0. The van der Waals surface area contributed by atoms with Crippen LogP contribution in [-0.4, -0.2) is 31.5 Å². The molecule has 0 N–H and O–H groups in total. The Morgan fingerprint density at radius 1 is 1.20 bits per heavy atom. The lowest BCUT2D eigenvalue weighted by atomic mass is 10.2. The van der Waals surface area contributed by atoms with Crippen molar-refractivity contribution in [3.8, 4) is 23.0 Å². The summed E-state index contributed by atoms with van der Waals surface area (Å²) in [5.41, 5.74) is 1.72. The second-order valence-corrected chi connectivity index (χ2v) is 7.36. The average Bonchev–Trinajstić information content (AvgIpc) is 3.35. The van der Waals surface area contributed by atoms with Gasteiger partial charge >= 0.3 is 0 Å². The van der Waals surface area contributed by atoms with E-state index in [0.29, 0.717) is 34.3 Å². The summed E-state index contributed by atoms with van der Waals surface area (Å²) in [4.78, 5) is 17.4. The van der Waals surface area contributed by atoms with Crippen molar-refractivity contribution in [1.29, 1.82) is 0 Å². The lowest BCUT2D eigenvalue weighted by molar-refractivity contribution is -0.113. The molecule has 30 heavy (non-hydrogen) atoms. The van der Waals surface area contributed by atoms with Crippen LogP contribution < -0.4 is 23.7 Å². The van der Waals surface area contributed by atoms with Crippen LogP contribution in [0.1, 0.15) is 5.56 Å². The Bertz CT molecular complexity index is 1220. The molecule has 154 valence electrons. The molecule has 4 rings (SSSR count). The number of methoxy groups -OCH3 is 2. The van der Waals surface area contributed by atoms with Crippen LogP contribution in [0, 0.1) is 0 Å². The van der Waals surface area contributed by atoms with Crippen molar-refractivity contribution in [3.05, 3.63) is 59.4 Å². The summed E-state index contributed by atoms with van der Waals surface area (Å²) in [5.74, 6) is 2.23. The van der Waals surface area contributed by atoms with E-state index in [-0.39, 0.29) is 12.7 Å². The molecule has 0 radical (unpaired) electrons. The summed E-state index contributed by atoms with van der Waals surface area (Å²) in [6.45, 7) is 4.53. The van der Waals surface area contributed by atoms with E-state index in [0.717, 1.165) is 15.8 Å². The number of ether oxygens (including phenoxy) is 4. The molecule has 0 aliphatic carbocycles. The van der Waals surface area contributed by atoms with Gasteiger partial charge in [-0.05, 0) is 23.8 Å². The van der Waals surface area contributed by atoms with E-state index in [2.05, 4.69) is 11.6 Å². The monoisotopic (exact) mass is 424 g/mol. The highest BCUT2D eigenvalue weighted by Gasteiger charge is 2.13. The largest absolute Gasteiger partial charge is 0.493 e. The highest BCUT2D eigenvalue weighted by atomic mass is 32.1. The van der Waals surface area contributed by atoms with Gasteiger partial charge in [0.15, 0.2) is 27.8 Å². The third kappa shape index (κ3) is 3.81. The minimum atomic E-state index is -0.365. The van der Waals surface area contributed by atoms with Crippen LogP contribution in [0.2, 0.25) is 0 Å². The van der Waals surface area contributed by atoms with Gasteiger partial charge in [0.1, 0.15) is 0 Å². The molecule has 7 nitrogen and oxygen atoms in total. The van der Waals surface area contributed by atoms with Crippen molar-refractivity contribution in [2.75, 3.05) is 21.0 Å². The van der Waals surface area contributed by atoms with Crippen molar-refractivity contribution in [1.82, 2.24) is 4.57 Å². The quantitative estimate of drug-likeness (QED) is 0.445. The summed E-state index contributed by atoms with van der Waals surface area (Å²) in [7, 11) is 3.18. The van der Waals surface area contributed by atoms with Crippen LogP contribution >= 0.6 is 11.3 Å². The summed E-state index contributed by atoms with van der Waals surface area (Å²) >= 11 is 1.40. The smallest absolute Gasteiger partial charge is 0.272 e. The van der Waals surface area contributed by atoms with E-state index in [1.165, 1.54) is 17.4 Å². The lowest BCUT2D eigenvalue weighted by Crippen LogP contribution is -2.15. The number of nitrogens with zero attached hydrogens (tertiary/aromatic N) is 2. The number of amides is 1. The van der Waals surface area contributed by atoms with E-state index in [1.807, 2.05) is 34.9 Å². The van der Waals surface area contributed by atoms with Gasteiger partial charge in [-0.3, -0.25) is 4.79 Å². The molecule has 2 heterocycles. The van der Waals surface area contributed by atoms with Gasteiger partial charge in [-0.15, -0.1) is 6.58 Å². The average molecular weight is 424 g/mol. The van der Waals surface area contributed by atoms with Crippen LogP contribution in [0.25, 0.3) is 16.3 Å². The fourth-order valence-electron chi connectivity index (χ4n) is 3.10. The number of hydrogen-bond acceptors (Lipinski definition) is 6. The molecule has 1 aliphatic heterocycles. The van der Waals surface area contributed by atoms with Crippen molar-refractivity contribution >= 4 is 33.5 Å². The number of hydrogen-bond donors (Lipinski definition) is 0. The molecule has 1 aliphatic rings. The van der Waals surface area contributed by atoms with Gasteiger partial charge in [0, 0.05) is 24.8 Å². The summed E-state index contributed by atoms with van der Waals surface area (Å²) in [6, 6.07) is 9.24. The maximum absolute atomic E-state index is 12.5. The SMILES string of the molecule is C=CCn1c(=NC(=O)/C=C/c2ccc3c(c2)OCO3)sc2cc(OC)c(OC)cc21. The number of carbonyl (C=O) groups excluding carboxylic acids is 1. The van der Waals surface area contributed by atoms with Gasteiger partial charge in [-0.25, -0.2) is 0 Å². The molecular formula is C22H20N2O5S. The maximum Gasteiger partial charge on any atom is 0.272 e. The Balaban J connectivity index is 1.69. The van der Waals surface area contributed by atoms with Crippen molar-refractivity contribution < 1.29 is 23.7 Å². The zero-order valence-electron chi connectivity index (χ0n) is 16.6. The van der Waals surface area contributed by atoms with E-state index < -0.39 is 0 Å². The normalized spacial score (nSPS) is 13.2. The van der Waals surface area contributed by atoms with E-state index in [9.17, 15) is 4.79 Å². The molecule has 3 aromatic rings. The minimum absolute atomic E-state index is 0.210. The molecule has 2 aromatic carbocycles. The fourth-order valence-corrected chi connectivity index (χ4v) is 4.16. The number of fused-ring (bicyclic) bond motifs is 2. The van der Waals surface area contributed by atoms with Crippen LogP contribution in [0.5, 0.6) is 23.0 Å². The van der Waals surface area contributed by atoms with Crippen molar-refractivity contribution in [2.24, 2.45) is 4.99 Å². The van der Waals surface area contributed by atoms with Gasteiger partial charge in [0.2, 0.25) is 6.79 Å². The number of carbonyl (C=O) groups is 1. The summed E-state index contributed by atoms with van der Waals surface area (Å²) < 4.78 is 24.3. The predicted octanol–water partition coefficient (Wildman–Crippen LogP) is 3.78. The minimum Gasteiger partial charge on any atom is -0.493 e. The Morgan fingerprint density at radius 3 is 2.73 bits per heavy atom. The standard InChI is InChI=1S/C22H20N2O5S/c1-4-9-24-15-11-17(26-2)18(27-3)12-20(15)30-22(24)23-21(25)8-6-14-5-7-16-19(10-14)29-13-28-16/h4-8,10-12H,1,9,13H2,2-3H3/b8-6+,23-22?. The molecule has 8 heteroatoms. The first-order chi connectivity index (χ1) is 14.6. The Hall–Kier alpha value is -3.52. The third-order valence-electron chi connectivity index (χ3n) is 4.52. The number of thiazole rings is 1. The third-order valence-corrected chi connectivity index (χ3v) is 5.56. The highest BCUT2D eigenvalue weighted by molar-refractivity contribution is 7.16. The Labute approximate surface area is 177 Å². The van der Waals surface area contributed by atoms with E-state index >= 15 is 0 Å². The first kappa shape index (κ1) is 19.8. The summed E-state index contributed by atoms with van der Waals surface area (Å²) in [6.07, 6.45) is 4.89. The molecule has 1 aromatic heterocycles. The number of aromatic nitrogens is 1.